The monoisotopic (exact) mass is 531 g/mol. The fourth-order valence-electron chi connectivity index (χ4n) is 7.29. The highest BCUT2D eigenvalue weighted by Crippen LogP contribution is 2.66. The summed E-state index contributed by atoms with van der Waals surface area (Å²) in [5.41, 5.74) is 1.89. The van der Waals surface area contributed by atoms with Gasteiger partial charge in [-0.3, -0.25) is 9.69 Å². The molecule has 206 valence electrons. The van der Waals surface area contributed by atoms with Crippen LogP contribution in [0.5, 0.6) is 0 Å². The SMILES string of the molecule is C=CC[C@]12CN(C(=O)OCC)CC[C@@]13c1c(C=O)cccc1N(C)[C@H]3N(C(=O)OC(C)(C)C)c1ccccc12. The van der Waals surface area contributed by atoms with Gasteiger partial charge in [0.05, 0.1) is 17.7 Å². The highest BCUT2D eigenvalue weighted by atomic mass is 16.6. The van der Waals surface area contributed by atoms with Gasteiger partial charge >= 0.3 is 12.2 Å². The first-order valence-corrected chi connectivity index (χ1v) is 13.5. The fourth-order valence-corrected chi connectivity index (χ4v) is 7.29. The Bertz CT molecular complexity index is 1330. The third-order valence-corrected chi connectivity index (χ3v) is 8.46. The zero-order chi connectivity index (χ0) is 28.2. The van der Waals surface area contributed by atoms with Gasteiger partial charge in [-0.1, -0.05) is 36.4 Å². The average Bonchev–Trinajstić information content (AvgIpc) is 3.15. The van der Waals surface area contributed by atoms with E-state index in [0.717, 1.165) is 28.8 Å². The predicted octanol–water partition coefficient (Wildman–Crippen LogP) is 5.64. The lowest BCUT2D eigenvalue weighted by atomic mass is 9.49. The van der Waals surface area contributed by atoms with Crippen molar-refractivity contribution in [3.63, 3.8) is 0 Å². The topological polar surface area (TPSA) is 79.4 Å². The van der Waals surface area contributed by atoms with Crippen molar-refractivity contribution in [3.05, 3.63) is 71.8 Å². The molecule has 2 amide bonds. The van der Waals surface area contributed by atoms with E-state index in [2.05, 4.69) is 11.5 Å². The molecule has 0 unspecified atom stereocenters. The fraction of sp³-hybridized carbons (Fsp3) is 0.452. The Kier molecular flexibility index (Phi) is 6.48. The summed E-state index contributed by atoms with van der Waals surface area (Å²) in [6, 6.07) is 13.6. The molecule has 1 saturated heterocycles. The largest absolute Gasteiger partial charge is 0.450 e. The standard InChI is InChI=1S/C31H37N3O5/c1-7-16-30-20-33(27(36)38-8-2)18-17-31(30)25-21(19-35)12-11-15-24(25)32(6)26(31)34(28(37)39-29(3,4)5)23-14-10-9-13-22(23)30/h7,9-15,19,26H,1,8,16-18,20H2,2-6H3/t26-,30+,31-/m0/s1. The normalized spacial score (nSPS) is 25.2. The zero-order valence-corrected chi connectivity index (χ0v) is 23.4. The van der Waals surface area contributed by atoms with E-state index in [9.17, 15) is 14.4 Å². The van der Waals surface area contributed by atoms with Crippen molar-refractivity contribution in [1.82, 2.24) is 4.90 Å². The van der Waals surface area contributed by atoms with Crippen LogP contribution in [0.1, 0.15) is 62.0 Å². The quantitative estimate of drug-likeness (QED) is 0.375. The number of hydrogen-bond donors (Lipinski definition) is 0. The van der Waals surface area contributed by atoms with E-state index in [4.69, 9.17) is 9.47 Å². The van der Waals surface area contributed by atoms with Gasteiger partial charge in [-0.2, -0.15) is 0 Å². The van der Waals surface area contributed by atoms with Crippen molar-refractivity contribution in [1.29, 1.82) is 0 Å². The van der Waals surface area contributed by atoms with Crippen molar-refractivity contribution in [2.75, 3.05) is 36.5 Å². The molecule has 2 aromatic rings. The van der Waals surface area contributed by atoms with Gasteiger partial charge in [-0.15, -0.1) is 6.58 Å². The van der Waals surface area contributed by atoms with Gasteiger partial charge in [0.25, 0.3) is 0 Å². The number of nitrogens with zero attached hydrogens (tertiary/aromatic N) is 3. The van der Waals surface area contributed by atoms with Crippen molar-refractivity contribution >= 4 is 29.8 Å². The first-order chi connectivity index (χ1) is 18.6. The summed E-state index contributed by atoms with van der Waals surface area (Å²) in [5, 5.41) is 0. The number of hydrogen-bond acceptors (Lipinski definition) is 6. The van der Waals surface area contributed by atoms with Crippen LogP contribution in [0.15, 0.2) is 55.1 Å². The van der Waals surface area contributed by atoms with Crippen LogP contribution in [0, 0.1) is 0 Å². The van der Waals surface area contributed by atoms with Gasteiger partial charge in [0, 0.05) is 36.8 Å². The van der Waals surface area contributed by atoms with E-state index in [1.165, 1.54) is 0 Å². The first-order valence-electron chi connectivity index (χ1n) is 13.5. The number of anilines is 2. The number of fused-ring (bicyclic) bond motifs is 3. The van der Waals surface area contributed by atoms with Crippen LogP contribution in [0.4, 0.5) is 21.0 Å². The molecule has 0 N–H and O–H groups in total. The first kappa shape index (κ1) is 26.8. The molecule has 1 spiro atoms. The third kappa shape index (κ3) is 3.75. The number of para-hydroxylation sites is 1. The molecule has 0 saturated carbocycles. The van der Waals surface area contributed by atoms with Crippen molar-refractivity contribution in [3.8, 4) is 0 Å². The van der Waals surface area contributed by atoms with E-state index in [1.807, 2.05) is 76.4 Å². The summed E-state index contributed by atoms with van der Waals surface area (Å²) in [5.74, 6) is 0. The lowest BCUT2D eigenvalue weighted by Gasteiger charge is -2.62. The van der Waals surface area contributed by atoms with Crippen LogP contribution in [0.2, 0.25) is 0 Å². The maximum Gasteiger partial charge on any atom is 0.416 e. The van der Waals surface area contributed by atoms with Crippen LogP contribution in [0.3, 0.4) is 0 Å². The maximum atomic E-state index is 14.1. The number of aldehydes is 1. The second kappa shape index (κ2) is 9.43. The molecule has 3 atom stereocenters. The van der Waals surface area contributed by atoms with Crippen LogP contribution in [-0.4, -0.2) is 61.9 Å². The lowest BCUT2D eigenvalue weighted by molar-refractivity contribution is 0.0213. The molecule has 8 nitrogen and oxygen atoms in total. The molecule has 0 aromatic heterocycles. The molecule has 3 heterocycles. The van der Waals surface area contributed by atoms with Gasteiger partial charge in [-0.25, -0.2) is 9.59 Å². The number of carbonyl (C=O) groups is 3. The van der Waals surface area contributed by atoms with E-state index >= 15 is 0 Å². The molecule has 8 heteroatoms. The summed E-state index contributed by atoms with van der Waals surface area (Å²) >= 11 is 0. The average molecular weight is 532 g/mol. The number of ether oxygens (including phenoxy) is 2. The molecular formula is C31H37N3O5. The Hall–Kier alpha value is -3.81. The van der Waals surface area contributed by atoms with Crippen LogP contribution >= 0.6 is 0 Å². The number of likely N-dealkylation sites (N-methyl/N-ethyl adjacent to an activating group) is 1. The summed E-state index contributed by atoms with van der Waals surface area (Å²) in [6.45, 7) is 12.5. The van der Waals surface area contributed by atoms with Gasteiger partial charge in [0.15, 0.2) is 0 Å². The van der Waals surface area contributed by atoms with Crippen molar-refractivity contribution in [2.24, 2.45) is 0 Å². The number of carbonyl (C=O) groups excluding carboxylic acids is 3. The summed E-state index contributed by atoms with van der Waals surface area (Å²) in [4.78, 5) is 45.4. The van der Waals surface area contributed by atoms with E-state index in [0.29, 0.717) is 31.5 Å². The minimum atomic E-state index is -0.739. The minimum absolute atomic E-state index is 0.279. The van der Waals surface area contributed by atoms with E-state index < -0.39 is 28.7 Å². The predicted molar refractivity (Wildman–Crippen MR) is 151 cm³/mol. The summed E-state index contributed by atoms with van der Waals surface area (Å²) in [6.07, 6.45) is 2.51. The van der Waals surface area contributed by atoms with Crippen LogP contribution in [0.25, 0.3) is 0 Å². The Morgan fingerprint density at radius 1 is 1.10 bits per heavy atom. The molecule has 2 aromatic carbocycles. The van der Waals surface area contributed by atoms with E-state index in [1.54, 1.807) is 16.7 Å². The van der Waals surface area contributed by atoms with Crippen LogP contribution < -0.4 is 9.80 Å². The Balaban J connectivity index is 1.86. The molecule has 0 bridgehead atoms. The number of benzene rings is 2. The maximum absolute atomic E-state index is 14.1. The Morgan fingerprint density at radius 2 is 1.82 bits per heavy atom. The number of rotatable bonds is 4. The van der Waals surface area contributed by atoms with Gasteiger partial charge < -0.3 is 19.3 Å². The third-order valence-electron chi connectivity index (χ3n) is 8.46. The number of allylic oxidation sites excluding steroid dienone is 1. The lowest BCUT2D eigenvalue weighted by Crippen LogP contribution is -2.73. The molecule has 0 aliphatic carbocycles. The van der Waals surface area contributed by atoms with Gasteiger partial charge in [0.2, 0.25) is 0 Å². The smallest absolute Gasteiger partial charge is 0.416 e. The Labute approximate surface area is 230 Å². The molecule has 3 aliphatic rings. The second-order valence-electron chi connectivity index (χ2n) is 11.6. The van der Waals surface area contributed by atoms with Gasteiger partial charge in [-0.05, 0) is 63.8 Å². The second-order valence-corrected chi connectivity index (χ2v) is 11.6. The van der Waals surface area contributed by atoms with Gasteiger partial charge in [0.1, 0.15) is 18.1 Å². The highest BCUT2D eigenvalue weighted by molar-refractivity contribution is 5.96. The van der Waals surface area contributed by atoms with Crippen LogP contribution in [-0.2, 0) is 20.3 Å². The molecule has 3 aliphatic heterocycles. The van der Waals surface area contributed by atoms with Crippen molar-refractivity contribution < 1.29 is 23.9 Å². The van der Waals surface area contributed by atoms with E-state index in [-0.39, 0.29) is 12.7 Å². The minimum Gasteiger partial charge on any atom is -0.450 e. The molecule has 1 fully saturated rings. The summed E-state index contributed by atoms with van der Waals surface area (Å²) < 4.78 is 11.4. The molecular weight excluding hydrogens is 494 g/mol. The number of piperidine rings is 1. The highest BCUT2D eigenvalue weighted by Gasteiger charge is 2.70. The molecule has 5 rings (SSSR count). The summed E-state index contributed by atoms with van der Waals surface area (Å²) in [7, 11) is 1.97. The number of amides is 2. The molecule has 39 heavy (non-hydrogen) atoms. The molecule has 0 radical (unpaired) electrons. The van der Waals surface area contributed by atoms with Crippen molar-refractivity contribution in [2.45, 2.75) is 63.1 Å². The number of likely N-dealkylation sites (tertiary alicyclic amines) is 1. The Morgan fingerprint density at radius 3 is 2.49 bits per heavy atom. The zero-order valence-electron chi connectivity index (χ0n) is 23.4.